The molecule has 23 heavy (non-hydrogen) atoms. The minimum atomic E-state index is -0.0297. The van der Waals surface area contributed by atoms with E-state index in [0.29, 0.717) is 5.75 Å². The number of anilines is 1. The third-order valence-corrected chi connectivity index (χ3v) is 5.37. The molecule has 6 heteroatoms. The molecule has 2 heterocycles. The highest BCUT2D eigenvalue weighted by Crippen LogP contribution is 2.30. The zero-order valence-electron chi connectivity index (χ0n) is 13.0. The van der Waals surface area contributed by atoms with E-state index in [1.807, 2.05) is 31.2 Å². The SMILES string of the molecule is CCc1ccc(NC(=O)CSc2ncnc3sc(C)cc23)cc1. The van der Waals surface area contributed by atoms with Gasteiger partial charge in [-0.3, -0.25) is 4.79 Å². The van der Waals surface area contributed by atoms with Crippen LogP contribution in [0.2, 0.25) is 0 Å². The van der Waals surface area contributed by atoms with Gasteiger partial charge in [0.25, 0.3) is 0 Å². The molecule has 3 rings (SSSR count). The standard InChI is InChI=1S/C17H17N3OS2/c1-3-12-4-6-13(7-5-12)20-15(21)9-22-16-14-8-11(2)23-17(14)19-10-18-16/h4-8,10H,3,9H2,1-2H3,(H,20,21). The molecule has 0 atom stereocenters. The van der Waals surface area contributed by atoms with Crippen LogP contribution in [-0.4, -0.2) is 21.6 Å². The lowest BCUT2D eigenvalue weighted by Crippen LogP contribution is -2.14. The molecule has 0 fully saturated rings. The number of carbonyl (C=O) groups is 1. The van der Waals surface area contributed by atoms with Crippen molar-refractivity contribution in [3.63, 3.8) is 0 Å². The molecule has 0 aliphatic rings. The maximum Gasteiger partial charge on any atom is 0.234 e. The average Bonchev–Trinajstić information content (AvgIpc) is 2.94. The summed E-state index contributed by atoms with van der Waals surface area (Å²) < 4.78 is 0. The van der Waals surface area contributed by atoms with Crippen molar-refractivity contribution in [3.05, 3.63) is 47.1 Å². The van der Waals surface area contributed by atoms with Gasteiger partial charge in [-0.2, -0.15) is 0 Å². The third kappa shape index (κ3) is 3.89. The average molecular weight is 343 g/mol. The molecule has 2 aromatic heterocycles. The lowest BCUT2D eigenvalue weighted by atomic mass is 10.1. The second-order valence-corrected chi connectivity index (χ2v) is 7.34. The van der Waals surface area contributed by atoms with Crippen LogP contribution in [0.4, 0.5) is 5.69 Å². The van der Waals surface area contributed by atoms with E-state index >= 15 is 0 Å². The van der Waals surface area contributed by atoms with Crippen molar-refractivity contribution in [2.24, 2.45) is 0 Å². The fourth-order valence-electron chi connectivity index (χ4n) is 2.22. The monoisotopic (exact) mass is 343 g/mol. The molecule has 118 valence electrons. The van der Waals surface area contributed by atoms with Crippen LogP contribution in [0.3, 0.4) is 0 Å². The summed E-state index contributed by atoms with van der Waals surface area (Å²) in [5.74, 6) is 0.300. The molecule has 0 unspecified atom stereocenters. The topological polar surface area (TPSA) is 54.9 Å². The van der Waals surface area contributed by atoms with Crippen molar-refractivity contribution in [1.29, 1.82) is 0 Å². The fourth-order valence-corrected chi connectivity index (χ4v) is 3.91. The largest absolute Gasteiger partial charge is 0.325 e. The van der Waals surface area contributed by atoms with Crippen LogP contribution >= 0.6 is 23.1 Å². The molecule has 0 spiro atoms. The van der Waals surface area contributed by atoms with Gasteiger partial charge in [0.15, 0.2) is 0 Å². The number of hydrogen-bond acceptors (Lipinski definition) is 5. The number of amides is 1. The van der Waals surface area contributed by atoms with E-state index in [-0.39, 0.29) is 5.91 Å². The summed E-state index contributed by atoms with van der Waals surface area (Å²) in [5, 5.41) is 4.80. The Bertz CT molecular complexity index is 827. The highest BCUT2D eigenvalue weighted by atomic mass is 32.2. The highest BCUT2D eigenvalue weighted by molar-refractivity contribution is 8.00. The number of hydrogen-bond donors (Lipinski definition) is 1. The van der Waals surface area contributed by atoms with Gasteiger partial charge in [0.05, 0.1) is 5.75 Å². The summed E-state index contributed by atoms with van der Waals surface area (Å²) in [4.78, 5) is 22.8. The number of nitrogens with zero attached hydrogens (tertiary/aromatic N) is 2. The number of nitrogens with one attached hydrogen (secondary N) is 1. The first-order valence-corrected chi connectivity index (χ1v) is 9.18. The Morgan fingerprint density at radius 3 is 2.78 bits per heavy atom. The molecule has 0 saturated carbocycles. The van der Waals surface area contributed by atoms with Crippen LogP contribution in [0.5, 0.6) is 0 Å². The van der Waals surface area contributed by atoms with Crippen LogP contribution < -0.4 is 5.32 Å². The quantitative estimate of drug-likeness (QED) is 0.554. The van der Waals surface area contributed by atoms with E-state index in [1.54, 1.807) is 17.7 Å². The molecule has 0 aliphatic carbocycles. The van der Waals surface area contributed by atoms with Gasteiger partial charge in [0.2, 0.25) is 5.91 Å². The van der Waals surface area contributed by atoms with Crippen molar-refractivity contribution in [1.82, 2.24) is 9.97 Å². The van der Waals surface area contributed by atoms with E-state index in [2.05, 4.69) is 28.3 Å². The van der Waals surface area contributed by atoms with Gasteiger partial charge in [-0.1, -0.05) is 30.8 Å². The van der Waals surface area contributed by atoms with E-state index in [9.17, 15) is 4.79 Å². The summed E-state index contributed by atoms with van der Waals surface area (Å²) in [6.07, 6.45) is 2.55. The Hall–Kier alpha value is -1.92. The molecule has 3 aromatic rings. The van der Waals surface area contributed by atoms with Crippen LogP contribution in [0, 0.1) is 6.92 Å². The Morgan fingerprint density at radius 2 is 2.04 bits per heavy atom. The Labute approximate surface area is 143 Å². The van der Waals surface area contributed by atoms with E-state index in [0.717, 1.165) is 27.4 Å². The number of fused-ring (bicyclic) bond motifs is 1. The number of carbonyl (C=O) groups excluding carboxylic acids is 1. The molecule has 1 amide bonds. The summed E-state index contributed by atoms with van der Waals surface area (Å²) in [6, 6.07) is 10.0. The predicted molar refractivity (Wildman–Crippen MR) is 97.3 cm³/mol. The molecular weight excluding hydrogens is 326 g/mol. The number of rotatable bonds is 5. The Morgan fingerprint density at radius 1 is 1.26 bits per heavy atom. The molecule has 1 aromatic carbocycles. The summed E-state index contributed by atoms with van der Waals surface area (Å²) in [5.41, 5.74) is 2.08. The number of benzene rings is 1. The maximum atomic E-state index is 12.1. The van der Waals surface area contributed by atoms with Gasteiger partial charge in [0.1, 0.15) is 16.2 Å². The van der Waals surface area contributed by atoms with Crippen molar-refractivity contribution in [2.75, 3.05) is 11.1 Å². The van der Waals surface area contributed by atoms with E-state index in [4.69, 9.17) is 0 Å². The zero-order chi connectivity index (χ0) is 16.2. The van der Waals surface area contributed by atoms with Gasteiger partial charge in [-0.25, -0.2) is 9.97 Å². The first-order chi connectivity index (χ1) is 11.2. The summed E-state index contributed by atoms with van der Waals surface area (Å²) >= 11 is 3.08. The smallest absolute Gasteiger partial charge is 0.234 e. The first-order valence-electron chi connectivity index (χ1n) is 7.38. The molecule has 4 nitrogen and oxygen atoms in total. The molecule has 1 N–H and O–H groups in total. The van der Waals surface area contributed by atoms with E-state index in [1.165, 1.54) is 22.2 Å². The van der Waals surface area contributed by atoms with Gasteiger partial charge in [-0.05, 0) is 37.1 Å². The van der Waals surface area contributed by atoms with Crippen molar-refractivity contribution in [3.8, 4) is 0 Å². The Kier molecular flexibility index (Phi) is 4.93. The second kappa shape index (κ2) is 7.10. The lowest BCUT2D eigenvalue weighted by Gasteiger charge is -2.06. The van der Waals surface area contributed by atoms with Crippen LogP contribution in [0.15, 0.2) is 41.7 Å². The number of aryl methyl sites for hydroxylation is 2. The van der Waals surface area contributed by atoms with Crippen molar-refractivity contribution >= 4 is 44.9 Å². The zero-order valence-corrected chi connectivity index (χ0v) is 14.6. The van der Waals surface area contributed by atoms with Crippen LogP contribution in [0.25, 0.3) is 10.2 Å². The number of aromatic nitrogens is 2. The fraction of sp³-hybridized carbons (Fsp3) is 0.235. The summed E-state index contributed by atoms with van der Waals surface area (Å²) in [7, 11) is 0. The van der Waals surface area contributed by atoms with Crippen molar-refractivity contribution in [2.45, 2.75) is 25.3 Å². The van der Waals surface area contributed by atoms with Crippen LogP contribution in [-0.2, 0) is 11.2 Å². The second-order valence-electron chi connectivity index (χ2n) is 5.14. The molecular formula is C17H17N3OS2. The number of thiophene rings is 1. The molecule has 0 saturated heterocycles. The summed E-state index contributed by atoms with van der Waals surface area (Å²) in [6.45, 7) is 4.16. The highest BCUT2D eigenvalue weighted by Gasteiger charge is 2.10. The first kappa shape index (κ1) is 16.0. The van der Waals surface area contributed by atoms with Gasteiger partial charge < -0.3 is 5.32 Å². The van der Waals surface area contributed by atoms with Gasteiger partial charge >= 0.3 is 0 Å². The molecule has 0 radical (unpaired) electrons. The normalized spacial score (nSPS) is 10.9. The van der Waals surface area contributed by atoms with Crippen LogP contribution in [0.1, 0.15) is 17.4 Å². The maximum absolute atomic E-state index is 12.1. The van der Waals surface area contributed by atoms with Gasteiger partial charge in [0, 0.05) is 16.0 Å². The van der Waals surface area contributed by atoms with E-state index < -0.39 is 0 Å². The van der Waals surface area contributed by atoms with Gasteiger partial charge in [-0.15, -0.1) is 11.3 Å². The van der Waals surface area contributed by atoms with Crippen molar-refractivity contribution < 1.29 is 4.79 Å². The minimum absolute atomic E-state index is 0.0297. The minimum Gasteiger partial charge on any atom is -0.325 e. The Balaban J connectivity index is 1.63. The number of thioether (sulfide) groups is 1. The molecule has 0 aliphatic heterocycles. The molecule has 0 bridgehead atoms. The predicted octanol–water partition coefficient (Wildman–Crippen LogP) is 4.29. The third-order valence-electron chi connectivity index (χ3n) is 3.40. The lowest BCUT2D eigenvalue weighted by molar-refractivity contribution is -0.113.